The van der Waals surface area contributed by atoms with Gasteiger partial charge in [-0.1, -0.05) is 65.5 Å². The number of carbonyl (C=O) groups excluding carboxylic acids is 2. The lowest BCUT2D eigenvalue weighted by Gasteiger charge is -2.33. The number of hydrogen-bond donors (Lipinski definition) is 1. The molecular formula is C26H34BrN3O4S. The lowest BCUT2D eigenvalue weighted by atomic mass is 9.95. The van der Waals surface area contributed by atoms with Crippen LogP contribution in [0.3, 0.4) is 0 Å². The number of carbonyl (C=O) groups is 2. The van der Waals surface area contributed by atoms with E-state index in [1.807, 2.05) is 30.3 Å². The average Bonchev–Trinajstić information content (AvgIpc) is 2.84. The minimum absolute atomic E-state index is 0.125. The summed E-state index contributed by atoms with van der Waals surface area (Å²) in [5.41, 5.74) is 1.43. The number of amides is 2. The Morgan fingerprint density at radius 1 is 1.03 bits per heavy atom. The minimum Gasteiger partial charge on any atom is -0.352 e. The standard InChI is InChI=1S/C26H34BrN3O4S/c1-20(26(32)28-23-11-7-4-8-12-23)29(18-17-21-9-5-3-6-10-21)25(31)19-30(35(2,33)34)24-15-13-22(27)14-16-24/h3,5-6,9-10,13-16,20,23H,4,7-8,11-12,17-19H2,1-2H3,(H,28,32)/t20-/m1/s1. The molecule has 2 amide bonds. The predicted octanol–water partition coefficient (Wildman–Crippen LogP) is 4.12. The summed E-state index contributed by atoms with van der Waals surface area (Å²) in [5, 5.41) is 3.10. The summed E-state index contributed by atoms with van der Waals surface area (Å²) in [6, 6.07) is 15.9. The largest absolute Gasteiger partial charge is 0.352 e. The van der Waals surface area contributed by atoms with Gasteiger partial charge in [0.25, 0.3) is 0 Å². The third-order valence-corrected chi connectivity index (χ3v) is 8.07. The molecule has 0 aliphatic heterocycles. The molecule has 2 aromatic rings. The predicted molar refractivity (Wildman–Crippen MR) is 143 cm³/mol. The summed E-state index contributed by atoms with van der Waals surface area (Å²) in [6.45, 7) is 1.64. The van der Waals surface area contributed by atoms with Crippen molar-refractivity contribution in [1.29, 1.82) is 0 Å². The lowest BCUT2D eigenvalue weighted by Crippen LogP contribution is -2.53. The molecule has 1 fully saturated rings. The average molecular weight is 565 g/mol. The highest BCUT2D eigenvalue weighted by atomic mass is 79.9. The van der Waals surface area contributed by atoms with E-state index in [1.165, 1.54) is 11.3 Å². The van der Waals surface area contributed by atoms with Gasteiger partial charge in [0, 0.05) is 17.1 Å². The summed E-state index contributed by atoms with van der Waals surface area (Å²) in [7, 11) is -3.73. The molecule has 0 aromatic heterocycles. The fourth-order valence-electron chi connectivity index (χ4n) is 4.36. The number of benzene rings is 2. The second kappa shape index (κ2) is 12.5. The number of anilines is 1. The van der Waals surface area contributed by atoms with Crippen molar-refractivity contribution >= 4 is 43.5 Å². The molecule has 190 valence electrons. The van der Waals surface area contributed by atoms with Crippen LogP contribution in [0.1, 0.15) is 44.6 Å². The van der Waals surface area contributed by atoms with Crippen LogP contribution in [-0.4, -0.2) is 56.6 Å². The van der Waals surface area contributed by atoms with Crippen molar-refractivity contribution in [3.63, 3.8) is 0 Å². The van der Waals surface area contributed by atoms with Crippen LogP contribution in [-0.2, 0) is 26.0 Å². The lowest BCUT2D eigenvalue weighted by molar-refractivity contribution is -0.139. The van der Waals surface area contributed by atoms with Gasteiger partial charge >= 0.3 is 0 Å². The zero-order valence-corrected chi connectivity index (χ0v) is 22.7. The van der Waals surface area contributed by atoms with E-state index in [1.54, 1.807) is 31.2 Å². The number of nitrogens with one attached hydrogen (secondary N) is 1. The molecule has 0 bridgehead atoms. The maximum atomic E-state index is 13.5. The molecule has 0 heterocycles. The van der Waals surface area contributed by atoms with Gasteiger partial charge in [-0.25, -0.2) is 8.42 Å². The van der Waals surface area contributed by atoms with Crippen LogP contribution in [0, 0.1) is 0 Å². The van der Waals surface area contributed by atoms with Gasteiger partial charge in [-0.3, -0.25) is 13.9 Å². The highest BCUT2D eigenvalue weighted by Crippen LogP contribution is 2.22. The van der Waals surface area contributed by atoms with Crippen molar-refractivity contribution in [3.8, 4) is 0 Å². The van der Waals surface area contributed by atoms with Gasteiger partial charge in [-0.2, -0.15) is 0 Å². The fourth-order valence-corrected chi connectivity index (χ4v) is 5.47. The molecule has 0 radical (unpaired) electrons. The zero-order chi connectivity index (χ0) is 25.4. The van der Waals surface area contributed by atoms with E-state index in [9.17, 15) is 18.0 Å². The van der Waals surface area contributed by atoms with Crippen molar-refractivity contribution in [2.75, 3.05) is 23.7 Å². The first kappa shape index (κ1) is 27.2. The monoisotopic (exact) mass is 563 g/mol. The van der Waals surface area contributed by atoms with Gasteiger partial charge in [0.15, 0.2) is 0 Å². The van der Waals surface area contributed by atoms with E-state index in [0.717, 1.165) is 46.3 Å². The Balaban J connectivity index is 1.80. The molecular weight excluding hydrogens is 530 g/mol. The van der Waals surface area contributed by atoms with Gasteiger partial charge in [0.05, 0.1) is 11.9 Å². The van der Waals surface area contributed by atoms with Gasteiger partial charge in [-0.05, 0) is 56.0 Å². The number of rotatable bonds is 10. The molecule has 1 aliphatic carbocycles. The van der Waals surface area contributed by atoms with Crippen LogP contribution >= 0.6 is 15.9 Å². The summed E-state index contributed by atoms with van der Waals surface area (Å²) in [4.78, 5) is 28.1. The molecule has 3 rings (SSSR count). The summed E-state index contributed by atoms with van der Waals surface area (Å²) < 4.78 is 27.1. The summed E-state index contributed by atoms with van der Waals surface area (Å²) in [6.07, 6.45) is 6.89. The Hall–Kier alpha value is -2.39. The molecule has 9 heteroatoms. The molecule has 1 N–H and O–H groups in total. The van der Waals surface area contributed by atoms with Crippen LogP contribution in [0.15, 0.2) is 59.1 Å². The number of sulfonamides is 1. The SMILES string of the molecule is C[C@H](C(=O)NC1CCCCC1)N(CCc1ccccc1)C(=O)CN(c1ccc(Br)cc1)S(C)(=O)=O. The molecule has 0 saturated heterocycles. The molecule has 7 nitrogen and oxygen atoms in total. The van der Waals surface area contributed by atoms with E-state index in [-0.39, 0.29) is 18.5 Å². The Morgan fingerprint density at radius 3 is 2.26 bits per heavy atom. The highest BCUT2D eigenvalue weighted by molar-refractivity contribution is 9.10. The number of hydrogen-bond acceptors (Lipinski definition) is 4. The third kappa shape index (κ3) is 8.07. The van der Waals surface area contributed by atoms with Crippen molar-refractivity contribution in [3.05, 3.63) is 64.6 Å². The van der Waals surface area contributed by atoms with Crippen LogP contribution in [0.25, 0.3) is 0 Å². The van der Waals surface area contributed by atoms with Gasteiger partial charge in [0.2, 0.25) is 21.8 Å². The Morgan fingerprint density at radius 2 is 1.66 bits per heavy atom. The topological polar surface area (TPSA) is 86.8 Å². The smallest absolute Gasteiger partial charge is 0.244 e. The molecule has 1 atom stereocenters. The maximum absolute atomic E-state index is 13.5. The van der Waals surface area contributed by atoms with E-state index in [0.29, 0.717) is 18.7 Å². The van der Waals surface area contributed by atoms with Crippen molar-refractivity contribution in [1.82, 2.24) is 10.2 Å². The Labute approximate surface area is 217 Å². The molecule has 0 spiro atoms. The Bertz CT molecular complexity index is 1090. The quantitative estimate of drug-likeness (QED) is 0.471. The van der Waals surface area contributed by atoms with Crippen molar-refractivity contribution in [2.45, 2.75) is 57.5 Å². The van der Waals surface area contributed by atoms with E-state index >= 15 is 0 Å². The highest BCUT2D eigenvalue weighted by Gasteiger charge is 2.30. The van der Waals surface area contributed by atoms with Gasteiger partial charge in [0.1, 0.15) is 12.6 Å². The van der Waals surface area contributed by atoms with Crippen LogP contribution in [0.2, 0.25) is 0 Å². The fraction of sp³-hybridized carbons (Fsp3) is 0.462. The van der Waals surface area contributed by atoms with E-state index in [4.69, 9.17) is 0 Å². The number of nitrogens with zero attached hydrogens (tertiary/aromatic N) is 2. The first-order valence-corrected chi connectivity index (χ1v) is 14.7. The molecule has 35 heavy (non-hydrogen) atoms. The second-order valence-corrected chi connectivity index (χ2v) is 11.9. The van der Waals surface area contributed by atoms with Crippen molar-refractivity contribution in [2.24, 2.45) is 0 Å². The molecule has 1 aliphatic rings. The summed E-state index contributed by atoms with van der Waals surface area (Å²) >= 11 is 3.35. The van der Waals surface area contributed by atoms with Crippen LogP contribution in [0.5, 0.6) is 0 Å². The van der Waals surface area contributed by atoms with E-state index < -0.39 is 22.0 Å². The molecule has 2 aromatic carbocycles. The third-order valence-electron chi connectivity index (χ3n) is 6.40. The minimum atomic E-state index is -3.73. The van der Waals surface area contributed by atoms with Crippen molar-refractivity contribution < 1.29 is 18.0 Å². The van der Waals surface area contributed by atoms with Gasteiger partial charge in [-0.15, -0.1) is 0 Å². The zero-order valence-electron chi connectivity index (χ0n) is 20.3. The van der Waals surface area contributed by atoms with Gasteiger partial charge < -0.3 is 10.2 Å². The van der Waals surface area contributed by atoms with Crippen LogP contribution < -0.4 is 9.62 Å². The maximum Gasteiger partial charge on any atom is 0.244 e. The second-order valence-electron chi connectivity index (χ2n) is 9.09. The van der Waals surface area contributed by atoms with Crippen LogP contribution in [0.4, 0.5) is 5.69 Å². The molecule has 1 saturated carbocycles. The first-order chi connectivity index (χ1) is 16.6. The summed E-state index contributed by atoms with van der Waals surface area (Å²) in [5.74, 6) is -0.617. The number of halogens is 1. The van der Waals surface area contributed by atoms with E-state index in [2.05, 4.69) is 21.2 Å². The Kier molecular flexibility index (Phi) is 9.74. The first-order valence-electron chi connectivity index (χ1n) is 12.0. The normalized spacial score (nSPS) is 15.3. The molecule has 0 unspecified atom stereocenters.